The molecule has 2 aromatic carbocycles. The van der Waals surface area contributed by atoms with Crippen LogP contribution in [-0.4, -0.2) is 79.4 Å². The van der Waals surface area contributed by atoms with Gasteiger partial charge in [0.2, 0.25) is 0 Å². The van der Waals surface area contributed by atoms with Crippen LogP contribution >= 0.6 is 23.5 Å². The summed E-state index contributed by atoms with van der Waals surface area (Å²) in [6.07, 6.45) is 1.65. The lowest BCUT2D eigenvalue weighted by Crippen LogP contribution is -2.35. The zero-order valence-corrected chi connectivity index (χ0v) is 25.3. The maximum absolute atomic E-state index is 11.4. The molecular weight excluding hydrogens is 528 g/mol. The fraction of sp³-hybridized carbons (Fsp3) is 0.613. The number of aromatic hydroxyl groups is 4. The minimum absolute atomic E-state index is 0.00656. The summed E-state index contributed by atoms with van der Waals surface area (Å²) in [5.74, 6) is 4.18. The van der Waals surface area contributed by atoms with Gasteiger partial charge in [-0.25, -0.2) is 0 Å². The van der Waals surface area contributed by atoms with Crippen molar-refractivity contribution >= 4 is 23.5 Å². The topological polar surface area (TPSA) is 87.4 Å². The van der Waals surface area contributed by atoms with Gasteiger partial charge in [-0.3, -0.25) is 9.80 Å². The fourth-order valence-corrected chi connectivity index (χ4v) is 10.1. The van der Waals surface area contributed by atoms with E-state index in [-0.39, 0.29) is 33.8 Å². The number of hydrogen-bond acceptors (Lipinski definition) is 8. The molecule has 0 radical (unpaired) electrons. The second-order valence-electron chi connectivity index (χ2n) is 13.3. The second-order valence-corrected chi connectivity index (χ2v) is 15.7. The summed E-state index contributed by atoms with van der Waals surface area (Å²) >= 11 is 3.92. The lowest BCUT2D eigenvalue weighted by Gasteiger charge is -2.36. The summed E-state index contributed by atoms with van der Waals surface area (Å²) in [5.41, 5.74) is 5.20. The van der Waals surface area contributed by atoms with Crippen molar-refractivity contribution in [1.29, 1.82) is 0 Å². The Morgan fingerprint density at radius 3 is 1.36 bits per heavy atom. The Balaban J connectivity index is 1.60. The standard InChI is InChI=1S/C31H42N2O4S2/c1-29(2)17-31(25-19(15-32-5-9-38-10-6-32)27(36)23(34)13-21(25)29)18-30(3,4)22-14-24(35)28(37)20(26(22)31)16-33-7-11-39-12-8-33/h13-14,34-37H,5-12,15-18H2,1-4H3. The Morgan fingerprint density at radius 1 is 0.641 bits per heavy atom. The predicted molar refractivity (Wildman–Crippen MR) is 161 cm³/mol. The zero-order valence-electron chi connectivity index (χ0n) is 23.6. The Bertz CT molecular complexity index is 1200. The van der Waals surface area contributed by atoms with Crippen LogP contribution in [0, 0.1) is 0 Å². The van der Waals surface area contributed by atoms with E-state index < -0.39 is 5.41 Å². The smallest absolute Gasteiger partial charge is 0.162 e. The van der Waals surface area contributed by atoms with E-state index in [4.69, 9.17) is 0 Å². The Kier molecular flexibility index (Phi) is 6.81. The highest BCUT2D eigenvalue weighted by Gasteiger charge is 2.59. The molecule has 2 saturated heterocycles. The largest absolute Gasteiger partial charge is 0.504 e. The van der Waals surface area contributed by atoms with Gasteiger partial charge in [-0.05, 0) is 58.1 Å². The molecule has 6 nitrogen and oxygen atoms in total. The van der Waals surface area contributed by atoms with E-state index >= 15 is 0 Å². The molecule has 2 aliphatic heterocycles. The van der Waals surface area contributed by atoms with Crippen LogP contribution in [0.1, 0.15) is 73.9 Å². The molecule has 2 fully saturated rings. The molecule has 212 valence electrons. The molecule has 0 unspecified atom stereocenters. The van der Waals surface area contributed by atoms with Gasteiger partial charge in [0.1, 0.15) is 0 Å². The molecular formula is C31H42N2O4S2. The second kappa shape index (κ2) is 9.68. The highest BCUT2D eigenvalue weighted by Crippen LogP contribution is 2.67. The summed E-state index contributed by atoms with van der Waals surface area (Å²) in [6.45, 7) is 14.0. The minimum Gasteiger partial charge on any atom is -0.504 e. The van der Waals surface area contributed by atoms with Gasteiger partial charge >= 0.3 is 0 Å². The van der Waals surface area contributed by atoms with Gasteiger partial charge in [0.15, 0.2) is 23.0 Å². The number of fused-ring (bicyclic) bond motifs is 4. The van der Waals surface area contributed by atoms with Crippen LogP contribution in [0.5, 0.6) is 23.0 Å². The lowest BCUT2D eigenvalue weighted by molar-refractivity contribution is 0.278. The first-order chi connectivity index (χ1) is 18.4. The first-order valence-electron chi connectivity index (χ1n) is 14.2. The maximum Gasteiger partial charge on any atom is 0.162 e. The van der Waals surface area contributed by atoms with Crippen LogP contribution in [0.2, 0.25) is 0 Å². The molecule has 0 amide bonds. The Hall–Kier alpha value is -1.74. The first kappa shape index (κ1) is 27.4. The summed E-state index contributed by atoms with van der Waals surface area (Å²) < 4.78 is 0. The molecule has 2 aliphatic carbocycles. The Morgan fingerprint density at radius 2 is 1.00 bits per heavy atom. The summed E-state index contributed by atoms with van der Waals surface area (Å²) in [4.78, 5) is 4.79. The molecule has 8 heteroatoms. The predicted octanol–water partition coefficient (Wildman–Crippen LogP) is 5.26. The van der Waals surface area contributed by atoms with Gasteiger partial charge in [0.05, 0.1) is 0 Å². The third kappa shape index (κ3) is 4.41. The number of hydrogen-bond donors (Lipinski definition) is 4. The van der Waals surface area contributed by atoms with Crippen molar-refractivity contribution in [2.24, 2.45) is 0 Å². The molecule has 4 aliphatic rings. The van der Waals surface area contributed by atoms with Gasteiger partial charge in [-0.15, -0.1) is 0 Å². The van der Waals surface area contributed by atoms with Crippen molar-refractivity contribution < 1.29 is 20.4 Å². The van der Waals surface area contributed by atoms with Crippen LogP contribution in [0.15, 0.2) is 12.1 Å². The van der Waals surface area contributed by atoms with Gasteiger partial charge in [0, 0.05) is 78.8 Å². The molecule has 1 spiro atoms. The van der Waals surface area contributed by atoms with E-state index in [1.165, 1.54) is 0 Å². The van der Waals surface area contributed by atoms with Gasteiger partial charge in [-0.2, -0.15) is 23.5 Å². The van der Waals surface area contributed by atoms with Gasteiger partial charge < -0.3 is 20.4 Å². The van der Waals surface area contributed by atoms with Crippen molar-refractivity contribution in [2.45, 2.75) is 69.9 Å². The van der Waals surface area contributed by atoms with Crippen LogP contribution in [0.3, 0.4) is 0 Å². The van der Waals surface area contributed by atoms with Crippen LogP contribution in [-0.2, 0) is 29.3 Å². The number of benzene rings is 2. The summed E-state index contributed by atoms with van der Waals surface area (Å²) in [6, 6.07) is 3.59. The van der Waals surface area contributed by atoms with E-state index in [0.29, 0.717) is 13.1 Å². The minimum atomic E-state index is -0.437. The van der Waals surface area contributed by atoms with Crippen molar-refractivity contribution in [1.82, 2.24) is 9.80 Å². The van der Waals surface area contributed by atoms with E-state index in [1.54, 1.807) is 12.1 Å². The third-order valence-electron chi connectivity index (χ3n) is 9.63. The average molecular weight is 571 g/mol. The van der Waals surface area contributed by atoms with E-state index in [9.17, 15) is 20.4 Å². The van der Waals surface area contributed by atoms with Gasteiger partial charge in [-0.1, -0.05) is 27.7 Å². The van der Waals surface area contributed by atoms with E-state index in [1.807, 2.05) is 23.5 Å². The number of rotatable bonds is 4. The van der Waals surface area contributed by atoms with Crippen LogP contribution in [0.25, 0.3) is 0 Å². The lowest BCUT2D eigenvalue weighted by atomic mass is 9.70. The van der Waals surface area contributed by atoms with Crippen molar-refractivity contribution in [3.8, 4) is 23.0 Å². The van der Waals surface area contributed by atoms with Crippen molar-refractivity contribution in [3.63, 3.8) is 0 Å². The SMILES string of the molecule is CC1(C)CC2(CC(C)(C)c3cc(O)c(O)c(CN4CCSCC4)c32)c2c1cc(O)c(O)c2CN1CCSCC1. The van der Waals surface area contributed by atoms with Crippen molar-refractivity contribution in [3.05, 3.63) is 45.5 Å². The molecule has 0 atom stereocenters. The average Bonchev–Trinajstić information content (AvgIpc) is 3.24. The number of thioether (sulfide) groups is 2. The molecule has 39 heavy (non-hydrogen) atoms. The molecule has 0 saturated carbocycles. The summed E-state index contributed by atoms with van der Waals surface area (Å²) in [5, 5.41) is 44.8. The quantitative estimate of drug-likeness (QED) is 0.371. The molecule has 0 bridgehead atoms. The van der Waals surface area contributed by atoms with Crippen LogP contribution in [0.4, 0.5) is 0 Å². The molecule has 0 aromatic heterocycles. The number of phenols is 4. The zero-order chi connectivity index (χ0) is 27.7. The molecule has 6 rings (SSSR count). The van der Waals surface area contributed by atoms with Crippen LogP contribution < -0.4 is 0 Å². The molecule has 2 aromatic rings. The first-order valence-corrected chi connectivity index (χ1v) is 16.5. The highest BCUT2D eigenvalue weighted by atomic mass is 32.2. The number of phenolic OH excluding ortho intramolecular Hbond substituents is 4. The molecule has 4 N–H and O–H groups in total. The summed E-state index contributed by atoms with van der Waals surface area (Å²) in [7, 11) is 0. The highest BCUT2D eigenvalue weighted by molar-refractivity contribution is 7.99. The molecule has 2 heterocycles. The van der Waals surface area contributed by atoms with E-state index in [2.05, 4.69) is 37.5 Å². The number of nitrogens with zero attached hydrogens (tertiary/aromatic N) is 2. The maximum atomic E-state index is 11.4. The normalized spacial score (nSPS) is 23.7. The Labute approximate surface area is 240 Å². The van der Waals surface area contributed by atoms with E-state index in [0.717, 1.165) is 95.4 Å². The van der Waals surface area contributed by atoms with Gasteiger partial charge in [0.25, 0.3) is 0 Å². The third-order valence-corrected chi connectivity index (χ3v) is 11.5. The fourth-order valence-electron chi connectivity index (χ4n) is 8.10. The van der Waals surface area contributed by atoms with Crippen molar-refractivity contribution in [2.75, 3.05) is 49.2 Å². The monoisotopic (exact) mass is 570 g/mol.